The fourth-order valence-corrected chi connectivity index (χ4v) is 4.65. The Kier molecular flexibility index (Phi) is 5.17. The highest BCUT2D eigenvalue weighted by atomic mass is 16.2. The largest absolute Gasteiger partial charge is 0.361 e. The molecule has 1 aromatic heterocycles. The van der Waals surface area contributed by atoms with E-state index in [4.69, 9.17) is 0 Å². The van der Waals surface area contributed by atoms with Crippen molar-refractivity contribution in [1.29, 1.82) is 0 Å². The molecule has 7 nitrogen and oxygen atoms in total. The monoisotopic (exact) mass is 440 g/mol. The van der Waals surface area contributed by atoms with Crippen molar-refractivity contribution in [2.75, 3.05) is 11.6 Å². The highest BCUT2D eigenvalue weighted by Crippen LogP contribution is 2.40. The van der Waals surface area contributed by atoms with Crippen molar-refractivity contribution < 1.29 is 14.4 Å². The lowest BCUT2D eigenvalue weighted by molar-refractivity contribution is -0.137. The van der Waals surface area contributed by atoms with Gasteiger partial charge < -0.3 is 4.98 Å². The van der Waals surface area contributed by atoms with Gasteiger partial charge in [0.15, 0.2) is 0 Å². The number of hydrazone groups is 1. The van der Waals surface area contributed by atoms with Gasteiger partial charge in [-0.25, -0.2) is 0 Å². The number of H-pyrrole nitrogens is 1. The molecule has 0 saturated heterocycles. The van der Waals surface area contributed by atoms with E-state index < -0.39 is 11.8 Å². The number of nitrogens with one attached hydrogen (secondary N) is 1. The number of carbonyl (C=O) groups excluding carboxylic acids is 3. The first-order valence-corrected chi connectivity index (χ1v) is 11.2. The number of para-hydroxylation sites is 2. The Hall–Kier alpha value is -4.00. The van der Waals surface area contributed by atoms with Crippen molar-refractivity contribution in [2.45, 2.75) is 26.7 Å². The molecule has 1 atom stereocenters. The fraction of sp³-hybridized carbons (Fsp3) is 0.231. The number of carbonyl (C=O) groups is 3. The molecule has 0 unspecified atom stereocenters. The topological polar surface area (TPSA) is 85.8 Å². The molecule has 5 rings (SSSR count). The Morgan fingerprint density at radius 3 is 2.39 bits per heavy atom. The number of anilines is 1. The van der Waals surface area contributed by atoms with Gasteiger partial charge in [-0.2, -0.15) is 10.1 Å². The minimum absolute atomic E-state index is 0.224. The molecule has 3 heterocycles. The van der Waals surface area contributed by atoms with Crippen LogP contribution in [0, 0.1) is 5.92 Å². The van der Waals surface area contributed by atoms with Crippen LogP contribution in [0.3, 0.4) is 0 Å². The third kappa shape index (κ3) is 3.19. The van der Waals surface area contributed by atoms with Gasteiger partial charge in [0.05, 0.1) is 17.0 Å². The third-order valence-corrected chi connectivity index (χ3v) is 6.18. The van der Waals surface area contributed by atoms with Crippen LogP contribution >= 0.6 is 0 Å². The van der Waals surface area contributed by atoms with E-state index in [1.807, 2.05) is 56.3 Å². The van der Waals surface area contributed by atoms with Crippen LogP contribution in [0.5, 0.6) is 0 Å². The highest BCUT2D eigenvalue weighted by Gasteiger charge is 2.49. The summed E-state index contributed by atoms with van der Waals surface area (Å²) in [7, 11) is 0. The van der Waals surface area contributed by atoms with Crippen LogP contribution in [-0.4, -0.2) is 39.9 Å². The highest BCUT2D eigenvalue weighted by molar-refractivity contribution is 6.40. The fourth-order valence-electron chi connectivity index (χ4n) is 4.65. The van der Waals surface area contributed by atoms with Crippen molar-refractivity contribution in [2.24, 2.45) is 11.0 Å². The van der Waals surface area contributed by atoms with Gasteiger partial charge in [0.1, 0.15) is 5.92 Å². The molecule has 7 heteroatoms. The van der Waals surface area contributed by atoms with Crippen LogP contribution in [0.4, 0.5) is 5.69 Å². The zero-order chi connectivity index (χ0) is 23.1. The summed E-state index contributed by atoms with van der Waals surface area (Å²) < 4.78 is 0. The molecule has 3 amide bonds. The quantitative estimate of drug-likeness (QED) is 0.585. The first kappa shape index (κ1) is 20.9. The Labute approximate surface area is 191 Å². The Balaban J connectivity index is 1.70. The zero-order valence-corrected chi connectivity index (χ0v) is 18.5. The van der Waals surface area contributed by atoms with Crippen LogP contribution in [0.1, 0.15) is 32.3 Å². The second-order valence-corrected chi connectivity index (χ2v) is 8.16. The van der Waals surface area contributed by atoms with E-state index in [-0.39, 0.29) is 17.4 Å². The van der Waals surface area contributed by atoms with Gasteiger partial charge in [-0.1, -0.05) is 50.2 Å². The van der Waals surface area contributed by atoms with Gasteiger partial charge in [-0.15, -0.1) is 0 Å². The summed E-state index contributed by atoms with van der Waals surface area (Å²) in [6.07, 6.45) is 2.87. The standard InChI is InChI=1S/C26H24N4O3/c1-3-14-29-24(31)21(18-15-27-20-13-9-8-12-17(18)20)23(25(29)32)22-19(4-2)28-30(26(22)33)16-10-6-5-7-11-16/h5-13,15,22,27H,3-4,14H2,1-2H3/t22-/m0/s1. The summed E-state index contributed by atoms with van der Waals surface area (Å²) in [5, 5.41) is 6.76. The molecule has 0 bridgehead atoms. The summed E-state index contributed by atoms with van der Waals surface area (Å²) >= 11 is 0. The summed E-state index contributed by atoms with van der Waals surface area (Å²) in [6.45, 7) is 4.13. The van der Waals surface area contributed by atoms with Crippen molar-refractivity contribution in [3.8, 4) is 0 Å². The first-order valence-electron chi connectivity index (χ1n) is 11.2. The lowest BCUT2D eigenvalue weighted by atomic mass is 9.87. The number of benzene rings is 2. The van der Waals surface area contributed by atoms with Crippen LogP contribution in [0.2, 0.25) is 0 Å². The molecule has 33 heavy (non-hydrogen) atoms. The summed E-state index contributed by atoms with van der Waals surface area (Å²) in [5.74, 6) is -1.97. The minimum Gasteiger partial charge on any atom is -0.361 e. The van der Waals surface area contributed by atoms with Gasteiger partial charge in [0.2, 0.25) is 0 Å². The predicted molar refractivity (Wildman–Crippen MR) is 127 cm³/mol. The molecule has 0 radical (unpaired) electrons. The Bertz CT molecular complexity index is 1340. The first-order chi connectivity index (χ1) is 16.1. The maximum absolute atomic E-state index is 13.6. The lowest BCUT2D eigenvalue weighted by Crippen LogP contribution is -2.36. The van der Waals surface area contributed by atoms with Crippen LogP contribution < -0.4 is 5.01 Å². The second kappa shape index (κ2) is 8.16. The van der Waals surface area contributed by atoms with E-state index in [9.17, 15) is 14.4 Å². The number of aromatic nitrogens is 1. The molecular weight excluding hydrogens is 416 g/mol. The summed E-state index contributed by atoms with van der Waals surface area (Å²) in [4.78, 5) is 45.2. The molecule has 0 saturated carbocycles. The molecular formula is C26H24N4O3. The second-order valence-electron chi connectivity index (χ2n) is 8.16. The molecule has 2 aliphatic heterocycles. The van der Waals surface area contributed by atoms with Crippen molar-refractivity contribution in [1.82, 2.24) is 9.88 Å². The summed E-state index contributed by atoms with van der Waals surface area (Å²) in [5.41, 5.74) is 3.23. The number of hydrogen-bond donors (Lipinski definition) is 1. The van der Waals surface area contributed by atoms with Gasteiger partial charge in [0.25, 0.3) is 17.7 Å². The smallest absolute Gasteiger partial charge is 0.261 e. The number of aromatic amines is 1. The van der Waals surface area contributed by atoms with Crippen LogP contribution in [0.25, 0.3) is 16.5 Å². The number of rotatable bonds is 6. The van der Waals surface area contributed by atoms with Gasteiger partial charge in [-0.05, 0) is 31.0 Å². The molecule has 3 aromatic rings. The SMILES string of the molecule is CCCN1C(=O)C(c2c[nH]c3ccccc23)=C([C@H]2C(=O)N(c3ccccc3)N=C2CC)C1=O. The number of amides is 3. The predicted octanol–water partition coefficient (Wildman–Crippen LogP) is 4.13. The Morgan fingerprint density at radius 2 is 1.67 bits per heavy atom. The molecule has 2 aliphatic rings. The average Bonchev–Trinajstić information content (AvgIpc) is 3.47. The third-order valence-electron chi connectivity index (χ3n) is 6.18. The van der Waals surface area contributed by atoms with Crippen molar-refractivity contribution in [3.05, 3.63) is 71.9 Å². The van der Waals surface area contributed by atoms with Crippen molar-refractivity contribution in [3.63, 3.8) is 0 Å². The molecule has 0 fully saturated rings. The van der Waals surface area contributed by atoms with E-state index in [1.54, 1.807) is 18.3 Å². The van der Waals surface area contributed by atoms with Crippen LogP contribution in [0.15, 0.2) is 71.5 Å². The number of nitrogens with zero attached hydrogens (tertiary/aromatic N) is 3. The minimum atomic E-state index is -0.892. The zero-order valence-electron chi connectivity index (χ0n) is 18.5. The Morgan fingerprint density at radius 1 is 0.939 bits per heavy atom. The van der Waals surface area contributed by atoms with Gasteiger partial charge in [0, 0.05) is 34.8 Å². The maximum atomic E-state index is 13.6. The molecule has 0 aliphatic carbocycles. The maximum Gasteiger partial charge on any atom is 0.261 e. The van der Waals surface area contributed by atoms with E-state index in [2.05, 4.69) is 10.1 Å². The van der Waals surface area contributed by atoms with Gasteiger partial charge >= 0.3 is 0 Å². The summed E-state index contributed by atoms with van der Waals surface area (Å²) in [6, 6.07) is 16.8. The van der Waals surface area contributed by atoms with E-state index in [0.29, 0.717) is 41.9 Å². The van der Waals surface area contributed by atoms with Crippen molar-refractivity contribution >= 4 is 45.6 Å². The number of hydrogen-bond acceptors (Lipinski definition) is 4. The van der Waals surface area contributed by atoms with Crippen LogP contribution in [-0.2, 0) is 14.4 Å². The van der Waals surface area contributed by atoms with E-state index in [1.165, 1.54) is 9.91 Å². The van der Waals surface area contributed by atoms with E-state index in [0.717, 1.165) is 10.9 Å². The average molecular weight is 441 g/mol. The van der Waals surface area contributed by atoms with E-state index >= 15 is 0 Å². The molecule has 2 aromatic carbocycles. The number of imide groups is 1. The molecule has 0 spiro atoms. The molecule has 1 N–H and O–H groups in total. The van der Waals surface area contributed by atoms with Gasteiger partial charge in [-0.3, -0.25) is 19.3 Å². The normalized spacial score (nSPS) is 18.8. The molecule has 166 valence electrons. The lowest BCUT2D eigenvalue weighted by Gasteiger charge is -2.17. The number of fused-ring (bicyclic) bond motifs is 1.